The Labute approximate surface area is 162 Å². The molecule has 0 bridgehead atoms. The first kappa shape index (κ1) is 21.5. The van der Waals surface area contributed by atoms with Gasteiger partial charge < -0.3 is 0 Å². The molecule has 0 aromatic carbocycles. The predicted octanol–water partition coefficient (Wildman–Crippen LogP) is 7.37. The van der Waals surface area contributed by atoms with Gasteiger partial charge in [0.25, 0.3) is 0 Å². The van der Waals surface area contributed by atoms with E-state index in [2.05, 4.69) is 81.4 Å². The fourth-order valence-corrected chi connectivity index (χ4v) is 6.38. The van der Waals surface area contributed by atoms with Gasteiger partial charge in [0.05, 0.1) is 0 Å². The highest BCUT2D eigenvalue weighted by atomic mass is 16.1. The number of rotatable bonds is 2. The monoisotopic (exact) mass is 358 g/mol. The third-order valence-corrected chi connectivity index (χ3v) is 7.94. The molecule has 2 aliphatic rings. The molecule has 2 rings (SSSR count). The Balaban J connectivity index is 2.71. The van der Waals surface area contributed by atoms with E-state index in [4.69, 9.17) is 0 Å². The van der Waals surface area contributed by atoms with E-state index in [0.717, 1.165) is 25.7 Å². The van der Waals surface area contributed by atoms with Crippen LogP contribution in [0.1, 0.15) is 94.9 Å². The second-order valence-electron chi connectivity index (χ2n) is 11.4. The lowest BCUT2D eigenvalue weighted by atomic mass is 9.43. The average Bonchev–Trinajstić information content (AvgIpc) is 2.44. The summed E-state index contributed by atoms with van der Waals surface area (Å²) in [6.45, 7) is 22.8. The van der Waals surface area contributed by atoms with Crippen LogP contribution >= 0.6 is 0 Å². The van der Waals surface area contributed by atoms with Gasteiger partial charge in [-0.3, -0.25) is 4.79 Å². The summed E-state index contributed by atoms with van der Waals surface area (Å²) < 4.78 is 0. The molecule has 0 radical (unpaired) electrons. The normalized spacial score (nSPS) is 36.4. The van der Waals surface area contributed by atoms with E-state index >= 15 is 0 Å². The van der Waals surface area contributed by atoms with Gasteiger partial charge in [-0.05, 0) is 62.2 Å². The number of Topliss-reactive ketones (excluding diaryl/α,β-unsaturated/α-hetero) is 1. The minimum absolute atomic E-state index is 0.0467. The first-order chi connectivity index (χ1) is 11.7. The number of carbonyl (C=O) groups is 1. The predicted molar refractivity (Wildman–Crippen MR) is 113 cm³/mol. The SMILES string of the molecule is CC1=CC(C)C(C(=O)C2(C(C)(C)C)CCC(C)=CC2C)(C(C)(C)C)CC1. The van der Waals surface area contributed by atoms with E-state index in [-0.39, 0.29) is 21.7 Å². The molecule has 0 aromatic heterocycles. The molecule has 148 valence electrons. The summed E-state index contributed by atoms with van der Waals surface area (Å²) in [5.74, 6) is 1.13. The van der Waals surface area contributed by atoms with Gasteiger partial charge in [-0.2, -0.15) is 0 Å². The van der Waals surface area contributed by atoms with E-state index in [1.54, 1.807) is 0 Å². The van der Waals surface area contributed by atoms with Crippen LogP contribution in [-0.4, -0.2) is 5.78 Å². The Morgan fingerprint density at radius 1 is 0.808 bits per heavy atom. The van der Waals surface area contributed by atoms with Crippen LogP contribution in [0.25, 0.3) is 0 Å². The lowest BCUT2D eigenvalue weighted by molar-refractivity contribution is -0.163. The molecule has 0 amide bonds. The third kappa shape index (κ3) is 3.04. The Morgan fingerprint density at radius 3 is 1.35 bits per heavy atom. The zero-order chi connectivity index (χ0) is 20.1. The van der Waals surface area contributed by atoms with Gasteiger partial charge in [-0.15, -0.1) is 0 Å². The Bertz CT molecular complexity index is 568. The highest BCUT2D eigenvalue weighted by Gasteiger charge is 2.62. The van der Waals surface area contributed by atoms with Crippen molar-refractivity contribution in [3.05, 3.63) is 23.3 Å². The lowest BCUT2D eigenvalue weighted by Crippen LogP contribution is -2.60. The third-order valence-electron chi connectivity index (χ3n) is 7.94. The molecule has 0 saturated heterocycles. The fourth-order valence-electron chi connectivity index (χ4n) is 6.38. The van der Waals surface area contributed by atoms with Crippen LogP contribution in [0.2, 0.25) is 0 Å². The molecule has 0 fully saturated rings. The summed E-state index contributed by atoms with van der Waals surface area (Å²) in [4.78, 5) is 14.7. The highest BCUT2D eigenvalue weighted by Crippen LogP contribution is 2.62. The van der Waals surface area contributed by atoms with Crippen molar-refractivity contribution in [1.82, 2.24) is 0 Å². The molecule has 26 heavy (non-hydrogen) atoms. The maximum Gasteiger partial charge on any atom is 0.147 e. The van der Waals surface area contributed by atoms with Crippen LogP contribution in [0.15, 0.2) is 23.3 Å². The molecule has 4 unspecified atom stereocenters. The first-order valence-corrected chi connectivity index (χ1v) is 10.6. The van der Waals surface area contributed by atoms with Crippen molar-refractivity contribution >= 4 is 5.78 Å². The second-order valence-corrected chi connectivity index (χ2v) is 11.4. The van der Waals surface area contributed by atoms with E-state index in [1.165, 1.54) is 11.1 Å². The summed E-state index contributed by atoms with van der Waals surface area (Å²) in [5.41, 5.74) is 2.23. The maximum absolute atomic E-state index is 14.7. The van der Waals surface area contributed by atoms with Crippen LogP contribution in [0.4, 0.5) is 0 Å². The summed E-state index contributed by atoms with van der Waals surface area (Å²) in [6.07, 6.45) is 8.86. The van der Waals surface area contributed by atoms with E-state index < -0.39 is 0 Å². The largest absolute Gasteiger partial charge is 0.298 e. The van der Waals surface area contributed by atoms with Gasteiger partial charge in [0, 0.05) is 10.8 Å². The topological polar surface area (TPSA) is 17.1 Å². The zero-order valence-corrected chi connectivity index (χ0v) is 19.0. The fraction of sp³-hybridized carbons (Fsp3) is 0.800. The van der Waals surface area contributed by atoms with Crippen LogP contribution in [0, 0.1) is 33.5 Å². The van der Waals surface area contributed by atoms with Gasteiger partial charge >= 0.3 is 0 Å². The Hall–Kier alpha value is -0.850. The van der Waals surface area contributed by atoms with Crippen molar-refractivity contribution in [1.29, 1.82) is 0 Å². The smallest absolute Gasteiger partial charge is 0.147 e. The zero-order valence-electron chi connectivity index (χ0n) is 19.0. The quantitative estimate of drug-likeness (QED) is 0.471. The molecule has 0 aromatic rings. The molecular formula is C25H42O. The van der Waals surface area contributed by atoms with Crippen molar-refractivity contribution in [2.45, 2.75) is 94.9 Å². The first-order valence-electron chi connectivity index (χ1n) is 10.6. The molecule has 0 spiro atoms. The summed E-state index contributed by atoms with van der Waals surface area (Å²) in [5, 5.41) is 0. The van der Waals surface area contributed by atoms with Crippen molar-refractivity contribution in [2.24, 2.45) is 33.5 Å². The minimum Gasteiger partial charge on any atom is -0.298 e. The van der Waals surface area contributed by atoms with Crippen molar-refractivity contribution in [3.63, 3.8) is 0 Å². The molecule has 0 N–H and O–H groups in total. The number of allylic oxidation sites excluding steroid dienone is 4. The van der Waals surface area contributed by atoms with E-state index in [0.29, 0.717) is 17.6 Å². The Kier molecular flexibility index (Phi) is 5.48. The van der Waals surface area contributed by atoms with Crippen LogP contribution in [0.5, 0.6) is 0 Å². The molecule has 1 heteroatoms. The lowest BCUT2D eigenvalue weighted by Gasteiger charge is -2.59. The van der Waals surface area contributed by atoms with E-state index in [1.807, 2.05) is 0 Å². The number of hydrogen-bond donors (Lipinski definition) is 0. The van der Waals surface area contributed by atoms with Crippen LogP contribution < -0.4 is 0 Å². The number of hydrogen-bond acceptors (Lipinski definition) is 1. The molecule has 0 saturated carbocycles. The van der Waals surface area contributed by atoms with Crippen LogP contribution in [-0.2, 0) is 4.79 Å². The van der Waals surface area contributed by atoms with E-state index in [9.17, 15) is 4.79 Å². The summed E-state index contributed by atoms with van der Waals surface area (Å²) in [6, 6.07) is 0. The van der Waals surface area contributed by atoms with Gasteiger partial charge in [0.1, 0.15) is 5.78 Å². The number of ketones is 1. The number of carbonyl (C=O) groups excluding carboxylic acids is 1. The maximum atomic E-state index is 14.7. The molecular weight excluding hydrogens is 316 g/mol. The van der Waals surface area contributed by atoms with Gasteiger partial charge in [0.2, 0.25) is 0 Å². The summed E-state index contributed by atoms with van der Waals surface area (Å²) >= 11 is 0. The van der Waals surface area contributed by atoms with Gasteiger partial charge in [-0.25, -0.2) is 0 Å². The minimum atomic E-state index is -0.285. The Morgan fingerprint density at radius 2 is 1.12 bits per heavy atom. The molecule has 0 aliphatic heterocycles. The van der Waals surface area contributed by atoms with Gasteiger partial charge in [0.15, 0.2) is 0 Å². The molecule has 4 atom stereocenters. The summed E-state index contributed by atoms with van der Waals surface area (Å²) in [7, 11) is 0. The van der Waals surface area contributed by atoms with Crippen molar-refractivity contribution in [3.8, 4) is 0 Å². The molecule has 1 nitrogen and oxygen atoms in total. The molecule has 2 aliphatic carbocycles. The van der Waals surface area contributed by atoms with Crippen molar-refractivity contribution in [2.75, 3.05) is 0 Å². The van der Waals surface area contributed by atoms with Crippen LogP contribution in [0.3, 0.4) is 0 Å². The van der Waals surface area contributed by atoms with Crippen molar-refractivity contribution < 1.29 is 4.79 Å². The second kappa shape index (κ2) is 6.64. The standard InChI is InChI=1S/C25H42O/c1-17-11-13-24(19(3)15-17,22(5,6)7)21(26)25(23(8,9)10)14-12-18(2)16-20(25)4/h15-16,19-20H,11-14H2,1-10H3. The highest BCUT2D eigenvalue weighted by molar-refractivity contribution is 5.93. The molecule has 0 heterocycles. The van der Waals surface area contributed by atoms with Gasteiger partial charge in [-0.1, -0.05) is 78.7 Å². The average molecular weight is 359 g/mol.